The Bertz CT molecular complexity index is 328. The van der Waals surface area contributed by atoms with Gasteiger partial charge in [0.25, 0.3) is 0 Å². The Morgan fingerprint density at radius 2 is 2.14 bits per heavy atom. The van der Waals surface area contributed by atoms with Crippen molar-refractivity contribution < 1.29 is 4.74 Å². The zero-order valence-electron chi connectivity index (χ0n) is 9.21. The van der Waals surface area contributed by atoms with Crippen LogP contribution in [0.1, 0.15) is 36.5 Å². The van der Waals surface area contributed by atoms with E-state index in [1.807, 2.05) is 0 Å². The van der Waals surface area contributed by atoms with Crippen LogP contribution in [0.3, 0.4) is 0 Å². The maximum atomic E-state index is 5.65. The van der Waals surface area contributed by atoms with Crippen LogP contribution in [0.4, 0.5) is 0 Å². The predicted octanol–water partition coefficient (Wildman–Crippen LogP) is 3.26. The SMILES string of the molecule is Cc1cccc2c1COCC2C(C)C. The highest BCUT2D eigenvalue weighted by atomic mass is 16.5. The van der Waals surface area contributed by atoms with Crippen LogP contribution in [-0.2, 0) is 11.3 Å². The molecule has 0 saturated heterocycles. The Labute approximate surface area is 86.1 Å². The summed E-state index contributed by atoms with van der Waals surface area (Å²) < 4.78 is 5.65. The van der Waals surface area contributed by atoms with Crippen LogP contribution in [0, 0.1) is 12.8 Å². The van der Waals surface area contributed by atoms with Gasteiger partial charge >= 0.3 is 0 Å². The second-order valence-electron chi connectivity index (χ2n) is 4.51. The van der Waals surface area contributed by atoms with Crippen molar-refractivity contribution in [2.45, 2.75) is 33.3 Å². The minimum Gasteiger partial charge on any atom is -0.376 e. The first-order valence-electron chi connectivity index (χ1n) is 5.36. The van der Waals surface area contributed by atoms with Crippen molar-refractivity contribution in [3.63, 3.8) is 0 Å². The summed E-state index contributed by atoms with van der Waals surface area (Å²) in [6, 6.07) is 6.59. The largest absolute Gasteiger partial charge is 0.376 e. The highest BCUT2D eigenvalue weighted by Crippen LogP contribution is 2.33. The molecule has 14 heavy (non-hydrogen) atoms. The molecular formula is C13H18O. The van der Waals surface area contributed by atoms with E-state index in [0.29, 0.717) is 11.8 Å². The van der Waals surface area contributed by atoms with E-state index in [1.54, 1.807) is 0 Å². The third-order valence-electron chi connectivity index (χ3n) is 3.19. The fourth-order valence-corrected chi connectivity index (χ4v) is 2.20. The van der Waals surface area contributed by atoms with Gasteiger partial charge in [-0.3, -0.25) is 0 Å². The Morgan fingerprint density at radius 1 is 1.36 bits per heavy atom. The van der Waals surface area contributed by atoms with Crippen molar-refractivity contribution >= 4 is 0 Å². The van der Waals surface area contributed by atoms with E-state index < -0.39 is 0 Å². The number of hydrogen-bond donors (Lipinski definition) is 0. The molecule has 1 heterocycles. The summed E-state index contributed by atoms with van der Waals surface area (Å²) in [4.78, 5) is 0. The molecule has 0 N–H and O–H groups in total. The molecule has 1 unspecified atom stereocenters. The van der Waals surface area contributed by atoms with Crippen molar-refractivity contribution in [3.05, 3.63) is 34.9 Å². The molecule has 1 aromatic rings. The fraction of sp³-hybridized carbons (Fsp3) is 0.538. The van der Waals surface area contributed by atoms with Gasteiger partial charge in [0.2, 0.25) is 0 Å². The summed E-state index contributed by atoms with van der Waals surface area (Å²) in [6.45, 7) is 8.39. The summed E-state index contributed by atoms with van der Waals surface area (Å²) in [6.07, 6.45) is 0. The van der Waals surface area contributed by atoms with Crippen LogP contribution in [-0.4, -0.2) is 6.61 Å². The van der Waals surface area contributed by atoms with E-state index in [0.717, 1.165) is 13.2 Å². The van der Waals surface area contributed by atoms with Gasteiger partial charge in [-0.25, -0.2) is 0 Å². The molecule has 2 rings (SSSR count). The van der Waals surface area contributed by atoms with E-state index in [4.69, 9.17) is 4.74 Å². The quantitative estimate of drug-likeness (QED) is 0.660. The van der Waals surface area contributed by atoms with Gasteiger partial charge in [-0.15, -0.1) is 0 Å². The lowest BCUT2D eigenvalue weighted by Crippen LogP contribution is -2.21. The molecule has 1 aromatic carbocycles. The number of hydrogen-bond acceptors (Lipinski definition) is 1. The molecule has 0 radical (unpaired) electrons. The topological polar surface area (TPSA) is 9.23 Å². The summed E-state index contributed by atoms with van der Waals surface area (Å²) in [7, 11) is 0. The maximum Gasteiger partial charge on any atom is 0.0722 e. The van der Waals surface area contributed by atoms with Crippen LogP contribution in [0.2, 0.25) is 0 Å². The van der Waals surface area contributed by atoms with E-state index >= 15 is 0 Å². The Balaban J connectivity index is 2.44. The minimum absolute atomic E-state index is 0.582. The van der Waals surface area contributed by atoms with Gasteiger partial charge in [0, 0.05) is 5.92 Å². The summed E-state index contributed by atoms with van der Waals surface area (Å²) in [5.41, 5.74) is 4.29. The summed E-state index contributed by atoms with van der Waals surface area (Å²) in [5, 5.41) is 0. The number of fused-ring (bicyclic) bond motifs is 1. The van der Waals surface area contributed by atoms with E-state index in [9.17, 15) is 0 Å². The zero-order chi connectivity index (χ0) is 10.1. The first-order chi connectivity index (χ1) is 6.70. The molecule has 1 aliphatic heterocycles. The molecule has 0 saturated carbocycles. The lowest BCUT2D eigenvalue weighted by Gasteiger charge is -2.29. The maximum absolute atomic E-state index is 5.65. The van der Waals surface area contributed by atoms with Gasteiger partial charge in [-0.1, -0.05) is 32.0 Å². The van der Waals surface area contributed by atoms with Gasteiger partial charge < -0.3 is 4.74 Å². The van der Waals surface area contributed by atoms with Gasteiger partial charge in [0.15, 0.2) is 0 Å². The summed E-state index contributed by atoms with van der Waals surface area (Å²) >= 11 is 0. The van der Waals surface area contributed by atoms with Crippen LogP contribution >= 0.6 is 0 Å². The second-order valence-corrected chi connectivity index (χ2v) is 4.51. The molecule has 0 spiro atoms. The van der Waals surface area contributed by atoms with Crippen LogP contribution < -0.4 is 0 Å². The van der Waals surface area contributed by atoms with Crippen LogP contribution in [0.15, 0.2) is 18.2 Å². The molecule has 1 nitrogen and oxygen atoms in total. The summed E-state index contributed by atoms with van der Waals surface area (Å²) in [5.74, 6) is 1.24. The molecule has 0 amide bonds. The van der Waals surface area contributed by atoms with Crippen molar-refractivity contribution in [2.24, 2.45) is 5.92 Å². The van der Waals surface area contributed by atoms with E-state index in [2.05, 4.69) is 39.0 Å². The molecule has 1 aliphatic rings. The molecule has 0 aromatic heterocycles. The van der Waals surface area contributed by atoms with Crippen molar-refractivity contribution in [1.29, 1.82) is 0 Å². The lowest BCUT2D eigenvalue weighted by molar-refractivity contribution is 0.0788. The van der Waals surface area contributed by atoms with Gasteiger partial charge in [0.1, 0.15) is 0 Å². The predicted molar refractivity (Wildman–Crippen MR) is 58.4 cm³/mol. The monoisotopic (exact) mass is 190 g/mol. The number of benzene rings is 1. The molecule has 0 bridgehead atoms. The van der Waals surface area contributed by atoms with Gasteiger partial charge in [0.05, 0.1) is 13.2 Å². The van der Waals surface area contributed by atoms with Crippen LogP contribution in [0.25, 0.3) is 0 Å². The van der Waals surface area contributed by atoms with Crippen molar-refractivity contribution in [2.75, 3.05) is 6.61 Å². The smallest absolute Gasteiger partial charge is 0.0722 e. The minimum atomic E-state index is 0.582. The van der Waals surface area contributed by atoms with Crippen molar-refractivity contribution in [1.82, 2.24) is 0 Å². The lowest BCUT2D eigenvalue weighted by atomic mass is 9.83. The average Bonchev–Trinajstić information content (AvgIpc) is 2.17. The first-order valence-corrected chi connectivity index (χ1v) is 5.36. The standard InChI is InChI=1S/C13H18O/c1-9(2)12-7-14-8-13-10(3)5-4-6-11(12)13/h4-6,9,12H,7-8H2,1-3H3. The Morgan fingerprint density at radius 3 is 2.86 bits per heavy atom. The second kappa shape index (κ2) is 3.74. The highest BCUT2D eigenvalue weighted by Gasteiger charge is 2.23. The van der Waals surface area contributed by atoms with Gasteiger partial charge in [-0.2, -0.15) is 0 Å². The third-order valence-corrected chi connectivity index (χ3v) is 3.19. The molecule has 1 heteroatoms. The third kappa shape index (κ3) is 1.57. The van der Waals surface area contributed by atoms with Gasteiger partial charge in [-0.05, 0) is 29.5 Å². The van der Waals surface area contributed by atoms with Crippen LogP contribution in [0.5, 0.6) is 0 Å². The Hall–Kier alpha value is -0.820. The molecule has 0 fully saturated rings. The van der Waals surface area contributed by atoms with E-state index in [-0.39, 0.29) is 0 Å². The number of ether oxygens (including phenoxy) is 1. The first kappa shape index (κ1) is 9.72. The molecule has 0 aliphatic carbocycles. The van der Waals surface area contributed by atoms with E-state index in [1.165, 1.54) is 16.7 Å². The molecule has 1 atom stereocenters. The molecular weight excluding hydrogens is 172 g/mol. The zero-order valence-corrected chi connectivity index (χ0v) is 9.21. The molecule has 76 valence electrons. The number of rotatable bonds is 1. The normalized spacial score (nSPS) is 21.0. The van der Waals surface area contributed by atoms with Crippen molar-refractivity contribution in [3.8, 4) is 0 Å². The Kier molecular flexibility index (Phi) is 2.60. The number of aryl methyl sites for hydroxylation is 1. The fourth-order valence-electron chi connectivity index (χ4n) is 2.20. The highest BCUT2D eigenvalue weighted by molar-refractivity contribution is 5.37. The average molecular weight is 190 g/mol.